The highest BCUT2D eigenvalue weighted by Gasteiger charge is 2.20. The average molecular weight is 293 g/mol. The van der Waals surface area contributed by atoms with Gasteiger partial charge < -0.3 is 9.47 Å². The van der Waals surface area contributed by atoms with Gasteiger partial charge in [-0.2, -0.15) is 4.98 Å². The lowest BCUT2D eigenvalue weighted by molar-refractivity contribution is 0.661. The number of imidazole rings is 1. The van der Waals surface area contributed by atoms with E-state index in [1.807, 2.05) is 4.57 Å². The van der Waals surface area contributed by atoms with Crippen LogP contribution in [0.5, 0.6) is 0 Å². The first kappa shape index (κ1) is 15.3. The predicted molar refractivity (Wildman–Crippen MR) is 84.1 cm³/mol. The second-order valence-corrected chi connectivity index (χ2v) is 5.11. The monoisotopic (exact) mass is 293 g/mol. The number of rotatable bonds is 5. The van der Waals surface area contributed by atoms with Gasteiger partial charge in [-0.05, 0) is 20.3 Å². The van der Waals surface area contributed by atoms with Crippen LogP contribution in [0.15, 0.2) is 9.59 Å². The summed E-state index contributed by atoms with van der Waals surface area (Å²) in [5.41, 5.74) is 0.328. The summed E-state index contributed by atoms with van der Waals surface area (Å²) in [5, 5.41) is 0. The molecule has 0 radical (unpaired) electrons. The van der Waals surface area contributed by atoms with Crippen molar-refractivity contribution >= 4 is 17.1 Å². The topological polar surface area (TPSA) is 65.1 Å². The summed E-state index contributed by atoms with van der Waals surface area (Å²) in [5.74, 6) is 0.759. The van der Waals surface area contributed by atoms with Crippen LogP contribution in [0.2, 0.25) is 0 Å². The maximum atomic E-state index is 12.5. The Morgan fingerprint density at radius 1 is 1.05 bits per heavy atom. The van der Waals surface area contributed by atoms with Gasteiger partial charge in [0, 0.05) is 33.7 Å². The summed E-state index contributed by atoms with van der Waals surface area (Å²) >= 11 is 0. The first-order chi connectivity index (χ1) is 9.97. The molecule has 0 saturated heterocycles. The van der Waals surface area contributed by atoms with Crippen LogP contribution in [-0.2, 0) is 20.6 Å². The maximum absolute atomic E-state index is 12.5. The Bertz CT molecular complexity index is 764. The van der Waals surface area contributed by atoms with Crippen molar-refractivity contribution in [2.24, 2.45) is 14.1 Å². The Balaban J connectivity index is 2.93. The third kappa shape index (κ3) is 2.26. The van der Waals surface area contributed by atoms with E-state index >= 15 is 0 Å². The standard InChI is InChI=1S/C14H23N5O2/c1-6-9-19-10-11(15-13(19)18(7-2)8-3)16(4)14(21)17(5)12(10)20/h6-9H2,1-5H3. The van der Waals surface area contributed by atoms with E-state index in [-0.39, 0.29) is 11.2 Å². The van der Waals surface area contributed by atoms with Gasteiger partial charge >= 0.3 is 5.69 Å². The lowest BCUT2D eigenvalue weighted by atomic mass is 10.4. The third-order valence-electron chi connectivity index (χ3n) is 3.82. The van der Waals surface area contributed by atoms with Crippen LogP contribution in [0.25, 0.3) is 11.2 Å². The SMILES string of the molecule is CCCn1c(N(CC)CC)nc2c1c(=O)n(C)c(=O)n2C. The van der Waals surface area contributed by atoms with Crippen molar-refractivity contribution in [2.75, 3.05) is 18.0 Å². The first-order valence-electron chi connectivity index (χ1n) is 7.39. The molecule has 0 aromatic carbocycles. The van der Waals surface area contributed by atoms with Gasteiger partial charge in [-0.3, -0.25) is 13.9 Å². The van der Waals surface area contributed by atoms with Crippen LogP contribution in [0.4, 0.5) is 5.95 Å². The molecule has 7 nitrogen and oxygen atoms in total. The van der Waals surface area contributed by atoms with E-state index in [2.05, 4.69) is 30.7 Å². The minimum atomic E-state index is -0.347. The third-order valence-corrected chi connectivity index (χ3v) is 3.82. The van der Waals surface area contributed by atoms with Gasteiger partial charge in [-0.15, -0.1) is 0 Å². The van der Waals surface area contributed by atoms with E-state index in [4.69, 9.17) is 0 Å². The number of nitrogens with zero attached hydrogens (tertiary/aromatic N) is 5. The van der Waals surface area contributed by atoms with Crippen LogP contribution in [0.1, 0.15) is 27.2 Å². The fraction of sp³-hybridized carbons (Fsp3) is 0.643. The molecule has 116 valence electrons. The lowest BCUT2D eigenvalue weighted by Crippen LogP contribution is -2.37. The highest BCUT2D eigenvalue weighted by atomic mass is 16.2. The summed E-state index contributed by atoms with van der Waals surface area (Å²) in [4.78, 5) is 31.2. The Kier molecular flexibility index (Phi) is 4.20. The highest BCUT2D eigenvalue weighted by Crippen LogP contribution is 2.19. The van der Waals surface area contributed by atoms with Gasteiger partial charge in [-0.1, -0.05) is 6.92 Å². The van der Waals surface area contributed by atoms with Crippen LogP contribution >= 0.6 is 0 Å². The van der Waals surface area contributed by atoms with E-state index < -0.39 is 0 Å². The molecule has 0 spiro atoms. The van der Waals surface area contributed by atoms with Crippen molar-refractivity contribution in [1.82, 2.24) is 18.7 Å². The van der Waals surface area contributed by atoms with Gasteiger partial charge in [0.1, 0.15) is 0 Å². The molecule has 0 aliphatic rings. The molecule has 0 saturated carbocycles. The van der Waals surface area contributed by atoms with Crippen LogP contribution in [0.3, 0.4) is 0 Å². The van der Waals surface area contributed by atoms with Gasteiger partial charge in [-0.25, -0.2) is 4.79 Å². The molecular weight excluding hydrogens is 270 g/mol. The van der Waals surface area contributed by atoms with Crippen molar-refractivity contribution in [1.29, 1.82) is 0 Å². The number of fused-ring (bicyclic) bond motifs is 1. The zero-order valence-corrected chi connectivity index (χ0v) is 13.4. The van der Waals surface area contributed by atoms with Crippen LogP contribution < -0.4 is 16.1 Å². The summed E-state index contributed by atoms with van der Waals surface area (Å²) < 4.78 is 4.52. The van der Waals surface area contributed by atoms with Gasteiger partial charge in [0.15, 0.2) is 11.2 Å². The van der Waals surface area contributed by atoms with Crippen molar-refractivity contribution in [2.45, 2.75) is 33.7 Å². The molecule has 2 aromatic rings. The summed E-state index contributed by atoms with van der Waals surface area (Å²) in [7, 11) is 3.16. The van der Waals surface area contributed by atoms with E-state index in [0.29, 0.717) is 17.7 Å². The Hall–Kier alpha value is -2.05. The number of hydrogen-bond donors (Lipinski definition) is 0. The maximum Gasteiger partial charge on any atom is 0.332 e. The van der Waals surface area contributed by atoms with Gasteiger partial charge in [0.05, 0.1) is 0 Å². The van der Waals surface area contributed by atoms with Crippen LogP contribution in [0, 0.1) is 0 Å². The van der Waals surface area contributed by atoms with Crippen molar-refractivity contribution in [3.8, 4) is 0 Å². The number of aryl methyl sites for hydroxylation is 2. The normalized spacial score (nSPS) is 11.3. The number of hydrogen-bond acceptors (Lipinski definition) is 4. The minimum Gasteiger partial charge on any atom is -0.343 e. The number of anilines is 1. The molecule has 2 heterocycles. The largest absolute Gasteiger partial charge is 0.343 e. The summed E-state index contributed by atoms with van der Waals surface area (Å²) in [6.45, 7) is 8.47. The molecule has 21 heavy (non-hydrogen) atoms. The zero-order chi connectivity index (χ0) is 15.7. The lowest BCUT2D eigenvalue weighted by Gasteiger charge is -2.20. The molecule has 0 atom stereocenters. The Labute approximate surface area is 123 Å². The number of aromatic nitrogens is 4. The first-order valence-corrected chi connectivity index (χ1v) is 7.39. The molecule has 0 aliphatic heterocycles. The molecule has 0 bridgehead atoms. The second-order valence-electron chi connectivity index (χ2n) is 5.11. The molecular formula is C14H23N5O2. The van der Waals surface area contributed by atoms with Gasteiger partial charge in [0.2, 0.25) is 5.95 Å². The van der Waals surface area contributed by atoms with Gasteiger partial charge in [0.25, 0.3) is 5.56 Å². The fourth-order valence-corrected chi connectivity index (χ4v) is 2.62. The Morgan fingerprint density at radius 2 is 1.67 bits per heavy atom. The molecule has 0 amide bonds. The zero-order valence-electron chi connectivity index (χ0n) is 13.4. The van der Waals surface area contributed by atoms with Crippen LogP contribution in [-0.4, -0.2) is 31.8 Å². The quantitative estimate of drug-likeness (QED) is 0.813. The van der Waals surface area contributed by atoms with E-state index in [9.17, 15) is 9.59 Å². The molecule has 0 aliphatic carbocycles. The molecule has 0 fully saturated rings. The summed E-state index contributed by atoms with van der Waals surface area (Å²) in [6, 6.07) is 0. The van der Waals surface area contributed by atoms with Crippen molar-refractivity contribution in [3.05, 3.63) is 20.8 Å². The fourth-order valence-electron chi connectivity index (χ4n) is 2.62. The molecule has 0 unspecified atom stereocenters. The van der Waals surface area contributed by atoms with E-state index in [1.165, 1.54) is 11.6 Å². The smallest absolute Gasteiger partial charge is 0.332 e. The predicted octanol–water partition coefficient (Wildman–Crippen LogP) is 0.690. The van der Waals surface area contributed by atoms with Crippen molar-refractivity contribution in [3.63, 3.8) is 0 Å². The second kappa shape index (κ2) is 5.75. The van der Waals surface area contributed by atoms with E-state index in [0.717, 1.165) is 30.0 Å². The van der Waals surface area contributed by atoms with E-state index in [1.54, 1.807) is 7.05 Å². The minimum absolute atomic E-state index is 0.285. The Morgan fingerprint density at radius 3 is 2.19 bits per heavy atom. The molecule has 2 aromatic heterocycles. The average Bonchev–Trinajstić information content (AvgIpc) is 2.84. The molecule has 7 heteroatoms. The summed E-state index contributed by atoms with van der Waals surface area (Å²) in [6.07, 6.45) is 0.895. The highest BCUT2D eigenvalue weighted by molar-refractivity contribution is 5.74. The van der Waals surface area contributed by atoms with Crippen molar-refractivity contribution < 1.29 is 0 Å². The molecule has 0 N–H and O–H groups in total. The molecule has 2 rings (SSSR count).